The Bertz CT molecular complexity index is 857. The first-order valence-electron chi connectivity index (χ1n) is 12.8. The van der Waals surface area contributed by atoms with Gasteiger partial charge in [-0.25, -0.2) is 0 Å². The van der Waals surface area contributed by atoms with E-state index in [4.69, 9.17) is 28.4 Å². The predicted molar refractivity (Wildman–Crippen MR) is 125 cm³/mol. The number of hydrogen-bond acceptors (Lipinski definition) is 7. The second-order valence-corrected chi connectivity index (χ2v) is 9.63. The van der Waals surface area contributed by atoms with Gasteiger partial charge in [0.1, 0.15) is 11.9 Å². The van der Waals surface area contributed by atoms with Gasteiger partial charge in [0.25, 0.3) is 0 Å². The zero-order chi connectivity index (χ0) is 23.3. The van der Waals surface area contributed by atoms with Crippen LogP contribution in [0.25, 0.3) is 6.08 Å². The summed E-state index contributed by atoms with van der Waals surface area (Å²) in [4.78, 5) is 11.5. The van der Waals surface area contributed by atoms with Gasteiger partial charge < -0.3 is 28.4 Å². The number of carbonyl (C=O) groups excluding carboxylic acids is 1. The molecule has 1 aromatic carbocycles. The molecule has 1 aromatic rings. The van der Waals surface area contributed by atoms with E-state index < -0.39 is 0 Å². The van der Waals surface area contributed by atoms with Gasteiger partial charge in [0, 0.05) is 42.6 Å². The quantitative estimate of drug-likeness (QED) is 0.513. The maximum absolute atomic E-state index is 11.5. The van der Waals surface area contributed by atoms with Gasteiger partial charge in [-0.2, -0.15) is 0 Å². The summed E-state index contributed by atoms with van der Waals surface area (Å²) in [7, 11) is 1.40. The number of esters is 1. The molecule has 2 saturated heterocycles. The summed E-state index contributed by atoms with van der Waals surface area (Å²) in [5, 5.41) is 0. The fourth-order valence-electron chi connectivity index (χ4n) is 5.67. The van der Waals surface area contributed by atoms with Crippen LogP contribution in [-0.4, -0.2) is 57.7 Å². The number of methoxy groups -OCH3 is 1. The van der Waals surface area contributed by atoms with Gasteiger partial charge in [-0.3, -0.25) is 4.79 Å². The van der Waals surface area contributed by atoms with Crippen LogP contribution in [0.5, 0.6) is 5.75 Å². The molecule has 186 valence electrons. The average Bonchev–Trinajstić information content (AvgIpc) is 3.40. The minimum absolute atomic E-state index is 0.0216. The largest absolute Gasteiger partial charge is 0.489 e. The van der Waals surface area contributed by atoms with E-state index in [2.05, 4.69) is 12.1 Å². The van der Waals surface area contributed by atoms with Crippen LogP contribution in [0.3, 0.4) is 0 Å². The van der Waals surface area contributed by atoms with E-state index in [1.807, 2.05) is 18.2 Å². The Hall–Kier alpha value is -1.93. The third-order valence-corrected chi connectivity index (χ3v) is 7.39. The Morgan fingerprint density at radius 2 is 1.88 bits per heavy atom. The zero-order valence-corrected chi connectivity index (χ0v) is 20.0. The van der Waals surface area contributed by atoms with Gasteiger partial charge in [-0.1, -0.05) is 30.4 Å². The smallest absolute Gasteiger partial charge is 0.309 e. The molecule has 3 aliphatic heterocycles. The molecule has 7 nitrogen and oxygen atoms in total. The first-order valence-corrected chi connectivity index (χ1v) is 12.8. The molecule has 2 unspecified atom stereocenters. The molecule has 34 heavy (non-hydrogen) atoms. The van der Waals surface area contributed by atoms with Crippen molar-refractivity contribution in [3.8, 4) is 5.75 Å². The Kier molecular flexibility index (Phi) is 7.84. The Labute approximate surface area is 201 Å². The van der Waals surface area contributed by atoms with E-state index in [0.29, 0.717) is 6.61 Å². The van der Waals surface area contributed by atoms with Gasteiger partial charge in [-0.15, -0.1) is 0 Å². The number of carbonyl (C=O) groups is 1. The van der Waals surface area contributed by atoms with E-state index >= 15 is 0 Å². The molecule has 0 amide bonds. The monoisotopic (exact) mass is 472 g/mol. The molecule has 0 N–H and O–H groups in total. The lowest BCUT2D eigenvalue weighted by atomic mass is 9.87. The second-order valence-electron chi connectivity index (χ2n) is 9.63. The molecular formula is C27H36O7. The number of rotatable bonds is 8. The number of hydrogen-bond donors (Lipinski definition) is 0. The van der Waals surface area contributed by atoms with Crippen molar-refractivity contribution in [2.75, 3.05) is 26.9 Å². The highest BCUT2D eigenvalue weighted by Crippen LogP contribution is 2.53. The lowest BCUT2D eigenvalue weighted by Gasteiger charge is -2.31. The van der Waals surface area contributed by atoms with Gasteiger partial charge in [0.05, 0.1) is 26.2 Å². The molecule has 5 rings (SSSR count). The van der Waals surface area contributed by atoms with Crippen molar-refractivity contribution in [1.29, 1.82) is 0 Å². The third-order valence-electron chi connectivity index (χ3n) is 7.39. The summed E-state index contributed by atoms with van der Waals surface area (Å²) in [6, 6.07) is 6.24. The summed E-state index contributed by atoms with van der Waals surface area (Å²) < 4.78 is 35.8. The molecule has 0 aromatic heterocycles. The summed E-state index contributed by atoms with van der Waals surface area (Å²) in [5.74, 6) is 1.01. The predicted octanol–water partition coefficient (Wildman–Crippen LogP) is 4.58. The molecule has 1 aliphatic carbocycles. The highest BCUT2D eigenvalue weighted by Gasteiger charge is 2.51. The normalized spacial score (nSPS) is 32.9. The maximum atomic E-state index is 11.5. The number of ether oxygens (including phenoxy) is 6. The molecule has 1 saturated carbocycles. The van der Waals surface area contributed by atoms with Gasteiger partial charge in [-0.05, 0) is 38.5 Å². The topological polar surface area (TPSA) is 72.5 Å². The highest BCUT2D eigenvalue weighted by molar-refractivity contribution is 5.73. The van der Waals surface area contributed by atoms with Crippen molar-refractivity contribution in [1.82, 2.24) is 0 Å². The summed E-state index contributed by atoms with van der Waals surface area (Å²) in [6.45, 7) is 2.11. The first kappa shape index (κ1) is 23.8. The highest BCUT2D eigenvalue weighted by atomic mass is 16.7. The van der Waals surface area contributed by atoms with Crippen molar-refractivity contribution in [3.05, 3.63) is 35.4 Å². The molecule has 0 bridgehead atoms. The average molecular weight is 473 g/mol. The van der Waals surface area contributed by atoms with Crippen LogP contribution < -0.4 is 4.74 Å². The molecule has 3 fully saturated rings. The van der Waals surface area contributed by atoms with E-state index in [1.165, 1.54) is 12.7 Å². The van der Waals surface area contributed by atoms with Crippen LogP contribution in [0.1, 0.15) is 68.4 Å². The third kappa shape index (κ3) is 5.33. The zero-order valence-electron chi connectivity index (χ0n) is 20.0. The van der Waals surface area contributed by atoms with Crippen LogP contribution in [0.4, 0.5) is 0 Å². The summed E-state index contributed by atoms with van der Waals surface area (Å²) >= 11 is 0. The molecule has 3 heterocycles. The molecule has 0 radical (unpaired) electrons. The van der Waals surface area contributed by atoms with Crippen molar-refractivity contribution in [2.24, 2.45) is 5.92 Å². The Balaban J connectivity index is 1.33. The van der Waals surface area contributed by atoms with E-state index in [1.54, 1.807) is 0 Å². The van der Waals surface area contributed by atoms with E-state index in [-0.39, 0.29) is 49.0 Å². The maximum Gasteiger partial charge on any atom is 0.309 e. The van der Waals surface area contributed by atoms with Crippen LogP contribution >= 0.6 is 0 Å². The fourth-order valence-corrected chi connectivity index (χ4v) is 5.67. The van der Waals surface area contributed by atoms with Crippen molar-refractivity contribution < 1.29 is 33.2 Å². The molecule has 7 heteroatoms. The number of para-hydroxylation sites is 1. The number of fused-ring (bicyclic) bond motifs is 3. The minimum Gasteiger partial charge on any atom is -0.489 e. The molecule has 0 spiro atoms. The number of benzene rings is 1. The van der Waals surface area contributed by atoms with Crippen LogP contribution in [0.15, 0.2) is 24.3 Å². The molecule has 6 atom stereocenters. The SMILES string of the molecule is COC(=O)C/C=C/c1cccc2c1O[C@H]1C[C@@H](OC3CCCCO3)[C@H](COC3CCCCO3)[C@@H]21. The Morgan fingerprint density at radius 1 is 1.09 bits per heavy atom. The van der Waals surface area contributed by atoms with Crippen molar-refractivity contribution in [2.45, 2.75) is 82.1 Å². The van der Waals surface area contributed by atoms with Crippen LogP contribution in [-0.2, 0) is 28.5 Å². The van der Waals surface area contributed by atoms with Gasteiger partial charge in [0.2, 0.25) is 0 Å². The van der Waals surface area contributed by atoms with Crippen molar-refractivity contribution >= 4 is 12.0 Å². The summed E-state index contributed by atoms with van der Waals surface area (Å²) in [5.41, 5.74) is 2.18. The minimum atomic E-state index is -0.256. The van der Waals surface area contributed by atoms with Crippen molar-refractivity contribution in [3.63, 3.8) is 0 Å². The second kappa shape index (κ2) is 11.2. The lowest BCUT2D eigenvalue weighted by molar-refractivity contribution is -0.210. The van der Waals surface area contributed by atoms with Gasteiger partial charge >= 0.3 is 5.97 Å². The van der Waals surface area contributed by atoms with Crippen LogP contribution in [0, 0.1) is 5.92 Å². The molecular weight excluding hydrogens is 436 g/mol. The van der Waals surface area contributed by atoms with Crippen LogP contribution in [0.2, 0.25) is 0 Å². The fraction of sp³-hybridized carbons (Fsp3) is 0.667. The summed E-state index contributed by atoms with van der Waals surface area (Å²) in [6.07, 6.45) is 11.0. The standard InChI is InChI=1S/C27H36O7/c1-29-23(28)11-7-9-18-8-6-10-19-26-20(17-32-24-12-2-4-14-30-24)21(16-22(26)34-27(18)19)33-25-13-3-5-15-31-25/h6-10,20-22,24-26H,2-5,11-17H2,1H3/b9-7+/t20-,21+,22-,24?,25?,26+/m0/s1. The Morgan fingerprint density at radius 3 is 2.62 bits per heavy atom. The first-order chi connectivity index (χ1) is 16.7. The lowest BCUT2D eigenvalue weighted by Crippen LogP contribution is -2.34. The van der Waals surface area contributed by atoms with E-state index in [9.17, 15) is 4.79 Å². The van der Waals surface area contributed by atoms with E-state index in [0.717, 1.165) is 69.5 Å². The molecule has 4 aliphatic rings. The van der Waals surface area contributed by atoms with Gasteiger partial charge in [0.15, 0.2) is 12.6 Å².